The summed E-state index contributed by atoms with van der Waals surface area (Å²) in [5, 5.41) is 7.92. The topological polar surface area (TPSA) is 87.4 Å². The van der Waals surface area contributed by atoms with Crippen LogP contribution in [0.3, 0.4) is 0 Å². The summed E-state index contributed by atoms with van der Waals surface area (Å²) in [5.74, 6) is 1.07. The van der Waals surface area contributed by atoms with E-state index in [9.17, 15) is 9.59 Å². The average Bonchev–Trinajstić information content (AvgIpc) is 2.98. The van der Waals surface area contributed by atoms with Gasteiger partial charge in [0.15, 0.2) is 11.5 Å². The molecule has 154 valence electrons. The Hall–Kier alpha value is -3.29. The molecule has 8 heteroatoms. The van der Waals surface area contributed by atoms with Crippen molar-refractivity contribution in [3.05, 3.63) is 52.1 Å². The second-order valence-corrected chi connectivity index (χ2v) is 6.64. The van der Waals surface area contributed by atoms with Gasteiger partial charge in [-0.2, -0.15) is 5.10 Å². The van der Waals surface area contributed by atoms with Crippen LogP contribution in [0.4, 0.5) is 0 Å². The van der Waals surface area contributed by atoms with Gasteiger partial charge >= 0.3 is 0 Å². The van der Waals surface area contributed by atoms with E-state index in [-0.39, 0.29) is 18.0 Å². The van der Waals surface area contributed by atoms with E-state index in [1.165, 1.54) is 4.57 Å². The Balaban J connectivity index is 1.70. The van der Waals surface area contributed by atoms with E-state index in [0.29, 0.717) is 36.8 Å². The first-order valence-electron chi connectivity index (χ1n) is 9.62. The largest absolute Gasteiger partial charge is 0.490 e. The maximum atomic E-state index is 12.7. The van der Waals surface area contributed by atoms with Crippen LogP contribution in [0.5, 0.6) is 11.5 Å². The molecule has 2 heterocycles. The number of aromatic nitrogens is 3. The minimum atomic E-state index is -0.253. The Labute approximate surface area is 169 Å². The number of pyridine rings is 1. The van der Waals surface area contributed by atoms with Gasteiger partial charge in [0.25, 0.3) is 5.56 Å². The number of amides is 1. The van der Waals surface area contributed by atoms with Gasteiger partial charge in [0.1, 0.15) is 12.1 Å². The molecule has 1 amide bonds. The lowest BCUT2D eigenvalue weighted by Gasteiger charge is -2.13. The molecule has 0 aliphatic carbocycles. The Morgan fingerprint density at radius 2 is 1.86 bits per heavy atom. The number of nitrogens with zero attached hydrogens (tertiary/aromatic N) is 3. The number of benzene rings is 1. The first-order chi connectivity index (χ1) is 13.9. The van der Waals surface area contributed by atoms with Gasteiger partial charge in [-0.15, -0.1) is 0 Å². The van der Waals surface area contributed by atoms with Gasteiger partial charge < -0.3 is 19.4 Å². The number of ether oxygens (including phenoxy) is 2. The number of aryl methyl sites for hydroxylation is 2. The molecule has 3 aromatic rings. The Morgan fingerprint density at radius 1 is 1.14 bits per heavy atom. The van der Waals surface area contributed by atoms with Crippen molar-refractivity contribution in [1.29, 1.82) is 0 Å². The summed E-state index contributed by atoms with van der Waals surface area (Å²) in [6.07, 6.45) is 1.63. The van der Waals surface area contributed by atoms with E-state index < -0.39 is 0 Å². The Morgan fingerprint density at radius 3 is 2.59 bits per heavy atom. The minimum Gasteiger partial charge on any atom is -0.490 e. The van der Waals surface area contributed by atoms with Crippen LogP contribution in [-0.2, 0) is 24.9 Å². The van der Waals surface area contributed by atoms with Gasteiger partial charge in [-0.05, 0) is 44.5 Å². The van der Waals surface area contributed by atoms with Crippen molar-refractivity contribution >= 4 is 16.8 Å². The van der Waals surface area contributed by atoms with Gasteiger partial charge in [0.2, 0.25) is 5.91 Å². The van der Waals surface area contributed by atoms with Crippen molar-refractivity contribution in [2.45, 2.75) is 33.9 Å². The van der Waals surface area contributed by atoms with Crippen LogP contribution in [-0.4, -0.2) is 33.5 Å². The summed E-state index contributed by atoms with van der Waals surface area (Å²) in [6.45, 7) is 7.01. The third kappa shape index (κ3) is 4.42. The highest BCUT2D eigenvalue weighted by Crippen LogP contribution is 2.28. The molecule has 0 aliphatic heterocycles. The number of carbonyl (C=O) groups is 1. The minimum absolute atomic E-state index is 0.0612. The molecule has 1 aromatic carbocycles. The van der Waals surface area contributed by atoms with Crippen LogP contribution >= 0.6 is 0 Å². The zero-order valence-corrected chi connectivity index (χ0v) is 17.2. The van der Waals surface area contributed by atoms with Crippen LogP contribution in [0.25, 0.3) is 10.9 Å². The standard InChI is InChI=1S/C21H26N4O4/c1-5-28-17-8-7-15(11-18(17)29-6-2)12-22-19(26)13-25-10-9-16-14(3)23-24(4)20(16)21(25)27/h7-11H,5-6,12-13H2,1-4H3,(H,22,26). The fraction of sp³-hybridized carbons (Fsp3) is 0.381. The van der Waals surface area contributed by atoms with E-state index >= 15 is 0 Å². The summed E-state index contributed by atoms with van der Waals surface area (Å²) in [4.78, 5) is 25.1. The molecule has 0 aliphatic rings. The number of hydrogen-bond acceptors (Lipinski definition) is 5. The van der Waals surface area contributed by atoms with Gasteiger partial charge in [-0.3, -0.25) is 14.3 Å². The van der Waals surface area contributed by atoms with Crippen molar-refractivity contribution in [1.82, 2.24) is 19.7 Å². The summed E-state index contributed by atoms with van der Waals surface area (Å²) in [6, 6.07) is 7.38. The second-order valence-electron chi connectivity index (χ2n) is 6.64. The number of carbonyl (C=O) groups excluding carboxylic acids is 1. The summed E-state index contributed by atoms with van der Waals surface area (Å²) in [5.41, 5.74) is 1.93. The van der Waals surface area contributed by atoms with Crippen molar-refractivity contribution in [2.75, 3.05) is 13.2 Å². The Bertz CT molecular complexity index is 1080. The fourth-order valence-corrected chi connectivity index (χ4v) is 3.24. The zero-order chi connectivity index (χ0) is 21.0. The molecule has 0 saturated carbocycles. The normalized spacial score (nSPS) is 10.9. The van der Waals surface area contributed by atoms with Crippen LogP contribution in [0.1, 0.15) is 25.1 Å². The summed E-state index contributed by atoms with van der Waals surface area (Å²) >= 11 is 0. The number of fused-ring (bicyclic) bond motifs is 1. The lowest BCUT2D eigenvalue weighted by atomic mass is 10.2. The smallest absolute Gasteiger partial charge is 0.277 e. The molecule has 2 aromatic heterocycles. The molecule has 0 saturated heterocycles. The van der Waals surface area contributed by atoms with Crippen molar-refractivity contribution in [3.63, 3.8) is 0 Å². The molecule has 29 heavy (non-hydrogen) atoms. The zero-order valence-electron chi connectivity index (χ0n) is 17.2. The van der Waals surface area contributed by atoms with Crippen LogP contribution in [0.15, 0.2) is 35.3 Å². The van der Waals surface area contributed by atoms with E-state index in [2.05, 4.69) is 10.4 Å². The monoisotopic (exact) mass is 398 g/mol. The molecule has 0 spiro atoms. The molecule has 8 nitrogen and oxygen atoms in total. The van der Waals surface area contributed by atoms with Crippen LogP contribution < -0.4 is 20.3 Å². The molecular formula is C21H26N4O4. The summed E-state index contributed by atoms with van der Waals surface area (Å²) < 4.78 is 14.1. The highest BCUT2D eigenvalue weighted by Gasteiger charge is 2.13. The number of nitrogens with one attached hydrogen (secondary N) is 1. The van der Waals surface area contributed by atoms with Gasteiger partial charge in [-0.25, -0.2) is 0 Å². The maximum Gasteiger partial charge on any atom is 0.277 e. The van der Waals surface area contributed by atoms with E-state index in [0.717, 1.165) is 16.6 Å². The number of hydrogen-bond donors (Lipinski definition) is 1. The third-order valence-electron chi connectivity index (χ3n) is 4.56. The van der Waals surface area contributed by atoms with Gasteiger partial charge in [-0.1, -0.05) is 6.07 Å². The fourth-order valence-electron chi connectivity index (χ4n) is 3.24. The van der Waals surface area contributed by atoms with E-state index in [4.69, 9.17) is 9.47 Å². The molecule has 3 rings (SSSR count). The third-order valence-corrected chi connectivity index (χ3v) is 4.56. The van der Waals surface area contributed by atoms with Gasteiger partial charge in [0.05, 0.1) is 18.9 Å². The van der Waals surface area contributed by atoms with E-state index in [1.54, 1.807) is 17.9 Å². The maximum absolute atomic E-state index is 12.7. The quantitative estimate of drug-likeness (QED) is 0.628. The predicted octanol–water partition coefficient (Wildman–Crippen LogP) is 2.16. The van der Waals surface area contributed by atoms with Crippen molar-refractivity contribution in [2.24, 2.45) is 7.05 Å². The van der Waals surface area contributed by atoms with Crippen molar-refractivity contribution < 1.29 is 14.3 Å². The first-order valence-corrected chi connectivity index (χ1v) is 9.62. The highest BCUT2D eigenvalue weighted by atomic mass is 16.5. The molecule has 0 unspecified atom stereocenters. The second kappa shape index (κ2) is 8.81. The molecule has 1 N–H and O–H groups in total. The molecule has 0 fully saturated rings. The van der Waals surface area contributed by atoms with Crippen molar-refractivity contribution in [3.8, 4) is 11.5 Å². The van der Waals surface area contributed by atoms with E-state index in [1.807, 2.05) is 45.0 Å². The first kappa shape index (κ1) is 20.4. The predicted molar refractivity (Wildman–Crippen MR) is 110 cm³/mol. The Kier molecular flexibility index (Phi) is 6.21. The molecule has 0 atom stereocenters. The molecule has 0 bridgehead atoms. The molecule has 0 radical (unpaired) electrons. The van der Waals surface area contributed by atoms with Crippen LogP contribution in [0.2, 0.25) is 0 Å². The summed E-state index contributed by atoms with van der Waals surface area (Å²) in [7, 11) is 1.73. The van der Waals surface area contributed by atoms with Crippen LogP contribution in [0, 0.1) is 6.92 Å². The molecular weight excluding hydrogens is 372 g/mol. The highest BCUT2D eigenvalue weighted by molar-refractivity contribution is 5.81. The average molecular weight is 398 g/mol. The lowest BCUT2D eigenvalue weighted by molar-refractivity contribution is -0.121. The lowest BCUT2D eigenvalue weighted by Crippen LogP contribution is -2.32. The number of rotatable bonds is 8. The van der Waals surface area contributed by atoms with Gasteiger partial charge in [0, 0.05) is 25.2 Å². The SMILES string of the molecule is CCOc1ccc(CNC(=O)Cn2ccc3c(C)nn(C)c3c2=O)cc1OCC.